The molecule has 3 N–H and O–H groups in total. The van der Waals surface area contributed by atoms with Crippen molar-refractivity contribution in [1.82, 2.24) is 5.32 Å². The van der Waals surface area contributed by atoms with Crippen molar-refractivity contribution in [1.29, 1.82) is 0 Å². The molecule has 1 aliphatic heterocycles. The minimum atomic E-state index is -0.697. The van der Waals surface area contributed by atoms with Gasteiger partial charge in [-0.05, 0) is 24.6 Å². The lowest BCUT2D eigenvalue weighted by atomic mass is 10.1. The average Bonchev–Trinajstić information content (AvgIpc) is 2.62. The molecule has 3 amide bonds. The van der Waals surface area contributed by atoms with E-state index in [9.17, 15) is 9.59 Å². The number of anilines is 2. The van der Waals surface area contributed by atoms with Crippen LogP contribution in [0, 0.1) is 0 Å². The van der Waals surface area contributed by atoms with Crippen molar-refractivity contribution in [3.63, 3.8) is 0 Å². The summed E-state index contributed by atoms with van der Waals surface area (Å²) in [7, 11) is 0. The molecule has 6 heteroatoms. The number of amides is 3. The van der Waals surface area contributed by atoms with E-state index in [2.05, 4.69) is 22.3 Å². The minimum Gasteiger partial charge on any atom is -0.364 e. The fourth-order valence-electron chi connectivity index (χ4n) is 3.13. The van der Waals surface area contributed by atoms with Gasteiger partial charge in [-0.15, -0.1) is 0 Å². The number of nitrogens with zero attached hydrogens (tertiary/aromatic N) is 2. The molecular weight excluding hydrogens is 316 g/mol. The smallest absolute Gasteiger partial charge is 0.312 e. The summed E-state index contributed by atoms with van der Waals surface area (Å²) in [5, 5.41) is 2.46. The Bertz CT molecular complexity index is 763. The van der Waals surface area contributed by atoms with Crippen LogP contribution < -0.4 is 20.9 Å². The Morgan fingerprint density at radius 2 is 1.68 bits per heavy atom. The molecule has 0 bridgehead atoms. The maximum absolute atomic E-state index is 12.7. The van der Waals surface area contributed by atoms with Crippen LogP contribution in [0.4, 0.5) is 16.2 Å². The summed E-state index contributed by atoms with van der Waals surface area (Å²) in [5.74, 6) is -0.161. The Kier molecular flexibility index (Phi) is 4.88. The first-order chi connectivity index (χ1) is 12.1. The fourth-order valence-corrected chi connectivity index (χ4v) is 3.13. The predicted molar refractivity (Wildman–Crippen MR) is 98.5 cm³/mol. The van der Waals surface area contributed by atoms with Crippen molar-refractivity contribution < 1.29 is 9.59 Å². The lowest BCUT2D eigenvalue weighted by Crippen LogP contribution is -2.52. The molecule has 2 aromatic rings. The fraction of sp³-hybridized carbons (Fsp3) is 0.263. The van der Waals surface area contributed by atoms with Crippen molar-refractivity contribution in [3.05, 3.63) is 60.2 Å². The second-order valence-corrected chi connectivity index (χ2v) is 6.12. The van der Waals surface area contributed by atoms with Gasteiger partial charge in [0.25, 0.3) is 0 Å². The number of urea groups is 1. The lowest BCUT2D eigenvalue weighted by molar-refractivity contribution is -0.120. The highest BCUT2D eigenvalue weighted by Crippen LogP contribution is 2.34. The van der Waals surface area contributed by atoms with E-state index in [1.54, 1.807) is 11.8 Å². The maximum Gasteiger partial charge on any atom is 0.312 e. The molecule has 3 rings (SSSR count). The van der Waals surface area contributed by atoms with E-state index >= 15 is 0 Å². The maximum atomic E-state index is 12.7. The molecule has 0 aliphatic carbocycles. The SMILES string of the molecule is C[C@H](NC(N)=O)C(=O)N1CCN(Cc2ccccc2)c2ccccc21. The number of carbonyl (C=O) groups excluding carboxylic acids is 2. The van der Waals surface area contributed by atoms with Crippen LogP contribution in [0.2, 0.25) is 0 Å². The molecule has 0 spiro atoms. The van der Waals surface area contributed by atoms with Crippen LogP contribution in [0.3, 0.4) is 0 Å². The van der Waals surface area contributed by atoms with Gasteiger partial charge in [0, 0.05) is 19.6 Å². The highest BCUT2D eigenvalue weighted by molar-refractivity contribution is 6.01. The summed E-state index contributed by atoms with van der Waals surface area (Å²) >= 11 is 0. The van der Waals surface area contributed by atoms with Gasteiger partial charge in [0.1, 0.15) is 6.04 Å². The third kappa shape index (κ3) is 3.74. The number of nitrogens with one attached hydrogen (secondary N) is 1. The summed E-state index contributed by atoms with van der Waals surface area (Å²) < 4.78 is 0. The molecular formula is C19H22N4O2. The minimum absolute atomic E-state index is 0.161. The number of para-hydroxylation sites is 2. The molecule has 2 aromatic carbocycles. The molecule has 0 fully saturated rings. The summed E-state index contributed by atoms with van der Waals surface area (Å²) in [5.41, 5.74) is 8.22. The first-order valence-corrected chi connectivity index (χ1v) is 8.31. The molecule has 1 atom stereocenters. The Balaban J connectivity index is 1.83. The van der Waals surface area contributed by atoms with Crippen LogP contribution >= 0.6 is 0 Å². The number of hydrogen-bond acceptors (Lipinski definition) is 3. The predicted octanol–water partition coefficient (Wildman–Crippen LogP) is 2.10. The number of fused-ring (bicyclic) bond motifs is 1. The van der Waals surface area contributed by atoms with Crippen molar-refractivity contribution in [3.8, 4) is 0 Å². The Morgan fingerprint density at radius 3 is 2.36 bits per heavy atom. The molecule has 0 radical (unpaired) electrons. The summed E-state index contributed by atoms with van der Waals surface area (Å²) in [6.07, 6.45) is 0. The van der Waals surface area contributed by atoms with Crippen LogP contribution in [0.15, 0.2) is 54.6 Å². The van der Waals surface area contributed by atoms with Gasteiger partial charge in [-0.25, -0.2) is 4.79 Å². The third-order valence-electron chi connectivity index (χ3n) is 4.32. The van der Waals surface area contributed by atoms with Gasteiger partial charge in [0.15, 0.2) is 0 Å². The van der Waals surface area contributed by atoms with Crippen molar-refractivity contribution in [2.24, 2.45) is 5.73 Å². The number of carbonyl (C=O) groups is 2. The number of primary amides is 1. The largest absolute Gasteiger partial charge is 0.364 e. The summed E-state index contributed by atoms with van der Waals surface area (Å²) in [6, 6.07) is 16.7. The van der Waals surface area contributed by atoms with Gasteiger partial charge < -0.3 is 20.9 Å². The van der Waals surface area contributed by atoms with E-state index in [1.807, 2.05) is 42.5 Å². The normalized spacial score (nSPS) is 14.6. The molecule has 0 saturated heterocycles. The van der Waals surface area contributed by atoms with Crippen molar-refractivity contribution in [2.75, 3.05) is 22.9 Å². The van der Waals surface area contributed by atoms with Gasteiger partial charge >= 0.3 is 6.03 Å². The van der Waals surface area contributed by atoms with E-state index in [-0.39, 0.29) is 5.91 Å². The number of nitrogens with two attached hydrogens (primary N) is 1. The Morgan fingerprint density at radius 1 is 1.04 bits per heavy atom. The van der Waals surface area contributed by atoms with E-state index < -0.39 is 12.1 Å². The first kappa shape index (κ1) is 16.8. The van der Waals surface area contributed by atoms with Crippen molar-refractivity contribution >= 4 is 23.3 Å². The molecule has 1 aliphatic rings. The van der Waals surface area contributed by atoms with Gasteiger partial charge in [0.05, 0.1) is 11.4 Å². The van der Waals surface area contributed by atoms with Crippen LogP contribution in [0.25, 0.3) is 0 Å². The summed E-state index contributed by atoms with van der Waals surface area (Å²) in [6.45, 7) is 3.72. The monoisotopic (exact) mass is 338 g/mol. The van der Waals surface area contributed by atoms with E-state index in [1.165, 1.54) is 5.56 Å². The highest BCUT2D eigenvalue weighted by Gasteiger charge is 2.29. The quantitative estimate of drug-likeness (QED) is 0.896. The zero-order valence-corrected chi connectivity index (χ0v) is 14.2. The van der Waals surface area contributed by atoms with Crippen molar-refractivity contribution in [2.45, 2.75) is 19.5 Å². The van der Waals surface area contributed by atoms with Crippen LogP contribution in [0.5, 0.6) is 0 Å². The molecule has 0 unspecified atom stereocenters. The van der Waals surface area contributed by atoms with Gasteiger partial charge in [-0.2, -0.15) is 0 Å². The summed E-state index contributed by atoms with van der Waals surface area (Å²) in [4.78, 5) is 27.7. The van der Waals surface area contributed by atoms with E-state index in [0.29, 0.717) is 6.54 Å². The Hall–Kier alpha value is -3.02. The van der Waals surface area contributed by atoms with Gasteiger partial charge in [-0.3, -0.25) is 4.79 Å². The second-order valence-electron chi connectivity index (χ2n) is 6.12. The first-order valence-electron chi connectivity index (χ1n) is 8.31. The second kappa shape index (κ2) is 7.25. The van der Waals surface area contributed by atoms with Gasteiger partial charge in [0.2, 0.25) is 5.91 Å². The Labute approximate surface area is 147 Å². The van der Waals surface area contributed by atoms with Gasteiger partial charge in [-0.1, -0.05) is 42.5 Å². The molecule has 1 heterocycles. The van der Waals surface area contributed by atoms with Crippen LogP contribution in [-0.4, -0.2) is 31.1 Å². The number of hydrogen-bond donors (Lipinski definition) is 2. The van der Waals surface area contributed by atoms with E-state index in [0.717, 1.165) is 24.5 Å². The topological polar surface area (TPSA) is 78.7 Å². The molecule has 0 saturated carbocycles. The zero-order valence-electron chi connectivity index (χ0n) is 14.2. The molecule has 0 aromatic heterocycles. The number of rotatable bonds is 4. The standard InChI is InChI=1S/C19H22N4O2/c1-14(21-19(20)25)18(24)23-12-11-22(13-15-7-3-2-4-8-15)16-9-5-6-10-17(16)23/h2-10,14H,11-13H2,1H3,(H3,20,21,25)/t14-/m0/s1. The molecule has 25 heavy (non-hydrogen) atoms. The average molecular weight is 338 g/mol. The van der Waals surface area contributed by atoms with Crippen LogP contribution in [0.1, 0.15) is 12.5 Å². The number of benzene rings is 2. The van der Waals surface area contributed by atoms with E-state index in [4.69, 9.17) is 5.73 Å². The highest BCUT2D eigenvalue weighted by atomic mass is 16.2. The third-order valence-corrected chi connectivity index (χ3v) is 4.32. The molecule has 6 nitrogen and oxygen atoms in total. The molecule has 130 valence electrons. The van der Waals surface area contributed by atoms with Crippen LogP contribution in [-0.2, 0) is 11.3 Å². The zero-order chi connectivity index (χ0) is 17.8. The lowest BCUT2D eigenvalue weighted by Gasteiger charge is -2.38.